The molecule has 1 aliphatic rings. The van der Waals surface area contributed by atoms with Crippen LogP contribution in [0.15, 0.2) is 85.2 Å². The van der Waals surface area contributed by atoms with Crippen LogP contribution in [0, 0.1) is 0 Å². The van der Waals surface area contributed by atoms with Gasteiger partial charge in [0.15, 0.2) is 0 Å². The number of anilines is 1. The van der Waals surface area contributed by atoms with Crippen molar-refractivity contribution in [3.63, 3.8) is 0 Å². The first-order chi connectivity index (χ1) is 16.0. The van der Waals surface area contributed by atoms with Crippen molar-refractivity contribution < 1.29 is 14.4 Å². The van der Waals surface area contributed by atoms with E-state index in [-0.39, 0.29) is 12.3 Å². The molecule has 0 spiro atoms. The summed E-state index contributed by atoms with van der Waals surface area (Å²) in [4.78, 5) is 51.3. The first-order valence-corrected chi connectivity index (χ1v) is 10.5. The van der Waals surface area contributed by atoms with Crippen LogP contribution in [0.4, 0.5) is 5.69 Å². The van der Waals surface area contributed by atoms with Crippen LogP contribution in [0.2, 0.25) is 0 Å². The predicted octanol–water partition coefficient (Wildman–Crippen LogP) is 3.50. The highest BCUT2D eigenvalue weighted by Gasteiger charge is 2.43. The zero-order chi connectivity index (χ0) is 22.9. The third-order valence-electron chi connectivity index (χ3n) is 5.86. The van der Waals surface area contributed by atoms with Gasteiger partial charge in [-0.25, -0.2) is 0 Å². The molecule has 0 N–H and O–H groups in total. The maximum absolute atomic E-state index is 13.8. The third-order valence-corrected chi connectivity index (χ3v) is 5.86. The second-order valence-corrected chi connectivity index (χ2v) is 7.86. The molecule has 0 radical (unpaired) electrons. The van der Waals surface area contributed by atoms with Crippen molar-refractivity contribution in [2.75, 3.05) is 11.9 Å². The minimum atomic E-state index is -0.998. The monoisotopic (exact) mass is 436 g/mol. The largest absolute Gasteiger partial charge is 0.314 e. The Morgan fingerprint density at radius 3 is 2.12 bits per heavy atom. The lowest BCUT2D eigenvalue weighted by atomic mass is 10.0. The number of rotatable bonds is 5. The average Bonchev–Trinajstić information content (AvgIpc) is 3.12. The average molecular weight is 436 g/mol. The molecular weight excluding hydrogens is 416 g/mol. The minimum absolute atomic E-state index is 0.211. The second kappa shape index (κ2) is 8.27. The number of hydrogen-bond acceptors (Lipinski definition) is 5. The molecule has 33 heavy (non-hydrogen) atoms. The SMILES string of the molecule is CN(C(=O)C(Cc1ccccc1)N1C(=O)c2ccccc2C1=O)c1ccc2nccnc2c1. The van der Waals surface area contributed by atoms with E-state index in [9.17, 15) is 14.4 Å². The number of hydrogen-bond donors (Lipinski definition) is 0. The third kappa shape index (κ3) is 3.63. The predicted molar refractivity (Wildman–Crippen MR) is 124 cm³/mol. The van der Waals surface area contributed by atoms with Crippen LogP contribution in [0.5, 0.6) is 0 Å². The second-order valence-electron chi connectivity index (χ2n) is 7.86. The lowest BCUT2D eigenvalue weighted by Gasteiger charge is -2.29. The van der Waals surface area contributed by atoms with E-state index in [0.29, 0.717) is 27.8 Å². The number of carbonyl (C=O) groups is 3. The molecule has 0 aliphatic carbocycles. The number of likely N-dealkylation sites (N-methyl/N-ethyl adjacent to an activating group) is 1. The molecule has 0 bridgehead atoms. The lowest BCUT2D eigenvalue weighted by molar-refractivity contribution is -0.122. The van der Waals surface area contributed by atoms with Crippen LogP contribution in [-0.4, -0.2) is 45.7 Å². The maximum atomic E-state index is 13.8. The van der Waals surface area contributed by atoms with Crippen LogP contribution >= 0.6 is 0 Å². The molecule has 3 aromatic carbocycles. The smallest absolute Gasteiger partial charge is 0.262 e. The molecule has 7 heteroatoms. The Kier molecular flexibility index (Phi) is 5.14. The Morgan fingerprint density at radius 2 is 1.45 bits per heavy atom. The van der Waals surface area contributed by atoms with E-state index < -0.39 is 17.9 Å². The molecule has 1 unspecified atom stereocenters. The van der Waals surface area contributed by atoms with Crippen LogP contribution in [0.25, 0.3) is 11.0 Å². The molecule has 1 atom stereocenters. The molecule has 4 aromatic rings. The quantitative estimate of drug-likeness (QED) is 0.447. The van der Waals surface area contributed by atoms with Gasteiger partial charge in [0.2, 0.25) is 5.91 Å². The number of benzene rings is 3. The zero-order valence-electron chi connectivity index (χ0n) is 17.9. The fourth-order valence-electron chi connectivity index (χ4n) is 4.13. The van der Waals surface area contributed by atoms with E-state index in [0.717, 1.165) is 10.5 Å². The maximum Gasteiger partial charge on any atom is 0.262 e. The first kappa shape index (κ1) is 20.5. The van der Waals surface area contributed by atoms with E-state index in [1.54, 1.807) is 61.9 Å². The Morgan fingerprint density at radius 1 is 0.848 bits per heavy atom. The van der Waals surface area contributed by atoms with Gasteiger partial charge in [0.05, 0.1) is 22.2 Å². The van der Waals surface area contributed by atoms with Crippen LogP contribution in [0.1, 0.15) is 26.3 Å². The van der Waals surface area contributed by atoms with Gasteiger partial charge >= 0.3 is 0 Å². The summed E-state index contributed by atoms with van der Waals surface area (Å²) in [6.45, 7) is 0. The van der Waals surface area contributed by atoms with E-state index in [4.69, 9.17) is 0 Å². The van der Waals surface area contributed by atoms with Crippen molar-refractivity contribution in [2.45, 2.75) is 12.5 Å². The molecule has 3 amide bonds. The number of aromatic nitrogens is 2. The van der Waals surface area contributed by atoms with Crippen LogP contribution in [-0.2, 0) is 11.2 Å². The molecule has 5 rings (SSSR count). The highest BCUT2D eigenvalue weighted by atomic mass is 16.2. The van der Waals surface area contributed by atoms with Gasteiger partial charge in [0.1, 0.15) is 6.04 Å². The molecule has 0 saturated carbocycles. The van der Waals surface area contributed by atoms with Gasteiger partial charge in [-0.05, 0) is 35.9 Å². The number of fused-ring (bicyclic) bond motifs is 2. The summed E-state index contributed by atoms with van der Waals surface area (Å²) in [5.41, 5.74) is 3.44. The number of carbonyl (C=O) groups excluding carboxylic acids is 3. The normalized spacial score (nSPS) is 13.8. The summed E-state index contributed by atoms with van der Waals surface area (Å²) < 4.78 is 0. The van der Waals surface area contributed by atoms with E-state index in [1.807, 2.05) is 30.3 Å². The molecule has 2 heterocycles. The van der Waals surface area contributed by atoms with Crippen molar-refractivity contribution in [1.29, 1.82) is 0 Å². The van der Waals surface area contributed by atoms with Crippen molar-refractivity contribution in [1.82, 2.24) is 14.9 Å². The van der Waals surface area contributed by atoms with Gasteiger partial charge in [-0.1, -0.05) is 42.5 Å². The molecule has 0 saturated heterocycles. The highest BCUT2D eigenvalue weighted by Crippen LogP contribution is 2.28. The minimum Gasteiger partial charge on any atom is -0.314 e. The zero-order valence-corrected chi connectivity index (χ0v) is 17.9. The first-order valence-electron chi connectivity index (χ1n) is 10.5. The fourth-order valence-corrected chi connectivity index (χ4v) is 4.13. The van der Waals surface area contributed by atoms with Gasteiger partial charge in [0.25, 0.3) is 11.8 Å². The summed E-state index contributed by atoms with van der Waals surface area (Å²) in [6.07, 6.45) is 3.41. The van der Waals surface area contributed by atoms with E-state index in [1.165, 1.54) is 4.90 Å². The fraction of sp³-hybridized carbons (Fsp3) is 0.115. The van der Waals surface area contributed by atoms with Gasteiger partial charge in [0, 0.05) is 31.5 Å². The Bertz CT molecular complexity index is 1350. The summed E-state index contributed by atoms with van der Waals surface area (Å²) in [5.74, 6) is -1.28. The van der Waals surface area contributed by atoms with E-state index >= 15 is 0 Å². The number of nitrogens with zero attached hydrogens (tertiary/aromatic N) is 4. The highest BCUT2D eigenvalue weighted by molar-refractivity contribution is 6.23. The number of imide groups is 1. The van der Waals surface area contributed by atoms with Crippen molar-refractivity contribution in [3.8, 4) is 0 Å². The number of amides is 3. The standard InChI is InChI=1S/C26H20N4O3/c1-29(18-11-12-21-22(16-18)28-14-13-27-21)26(33)23(15-17-7-3-2-4-8-17)30-24(31)19-9-5-6-10-20(19)25(30)32/h2-14,16,23H,15H2,1H3. The molecule has 162 valence electrons. The van der Waals surface area contributed by atoms with Crippen molar-refractivity contribution in [2.24, 2.45) is 0 Å². The van der Waals surface area contributed by atoms with E-state index in [2.05, 4.69) is 9.97 Å². The molecular formula is C26H20N4O3. The van der Waals surface area contributed by atoms with Crippen molar-refractivity contribution in [3.05, 3.63) is 102 Å². The van der Waals surface area contributed by atoms with Crippen molar-refractivity contribution >= 4 is 34.4 Å². The summed E-state index contributed by atoms with van der Waals surface area (Å²) in [6, 6.07) is 20.4. The van der Waals surface area contributed by atoms with Crippen LogP contribution < -0.4 is 4.90 Å². The summed E-state index contributed by atoms with van der Waals surface area (Å²) in [7, 11) is 1.63. The topological polar surface area (TPSA) is 83.5 Å². The Hall–Kier alpha value is -4.39. The van der Waals surface area contributed by atoms with Gasteiger partial charge in [-0.2, -0.15) is 0 Å². The summed E-state index contributed by atoms with van der Waals surface area (Å²) >= 11 is 0. The van der Waals surface area contributed by atoms with Gasteiger partial charge in [-0.3, -0.25) is 29.3 Å². The summed E-state index contributed by atoms with van der Waals surface area (Å²) in [5, 5.41) is 0. The molecule has 1 aromatic heterocycles. The lowest BCUT2D eigenvalue weighted by Crippen LogP contribution is -2.51. The van der Waals surface area contributed by atoms with Gasteiger partial charge < -0.3 is 4.90 Å². The molecule has 0 fully saturated rings. The molecule has 7 nitrogen and oxygen atoms in total. The Balaban J connectivity index is 1.53. The van der Waals surface area contributed by atoms with Gasteiger partial charge in [-0.15, -0.1) is 0 Å². The molecule has 1 aliphatic heterocycles. The van der Waals surface area contributed by atoms with Crippen LogP contribution in [0.3, 0.4) is 0 Å². The Labute approximate surface area is 190 Å².